The van der Waals surface area contributed by atoms with Crippen LogP contribution in [0.15, 0.2) is 42.5 Å². The van der Waals surface area contributed by atoms with Gasteiger partial charge in [-0.3, -0.25) is 20.2 Å². The molecule has 0 aliphatic heterocycles. The van der Waals surface area contributed by atoms with Gasteiger partial charge in [0.25, 0.3) is 11.6 Å². The average molecular weight is 391 g/mol. The van der Waals surface area contributed by atoms with Gasteiger partial charge in [0.1, 0.15) is 11.6 Å². The minimum Gasteiger partial charge on any atom is -0.493 e. The van der Waals surface area contributed by atoms with Crippen LogP contribution in [0, 0.1) is 21.8 Å². The summed E-state index contributed by atoms with van der Waals surface area (Å²) in [6.07, 6.45) is 0. The Hall–Kier alpha value is -3.07. The number of carbonyl (C=O) groups is 1. The highest BCUT2D eigenvalue weighted by Crippen LogP contribution is 2.21. The largest absolute Gasteiger partial charge is 0.493 e. The molecule has 2 N–H and O–H groups in total. The van der Waals surface area contributed by atoms with Gasteiger partial charge in [-0.25, -0.2) is 4.39 Å². The minimum absolute atomic E-state index is 0.181. The number of amides is 1. The van der Waals surface area contributed by atoms with Crippen molar-refractivity contribution in [2.24, 2.45) is 5.92 Å². The number of nitro groups is 1. The summed E-state index contributed by atoms with van der Waals surface area (Å²) in [5.41, 5.74) is -0.174. The first-order valence-corrected chi connectivity index (χ1v) is 8.46. The van der Waals surface area contributed by atoms with Crippen LogP contribution >= 0.6 is 12.2 Å². The van der Waals surface area contributed by atoms with Crippen LogP contribution in [0.3, 0.4) is 0 Å². The zero-order valence-corrected chi connectivity index (χ0v) is 15.5. The van der Waals surface area contributed by atoms with Gasteiger partial charge in [-0.2, -0.15) is 0 Å². The molecule has 9 heteroatoms. The molecule has 0 fully saturated rings. The molecular weight excluding hydrogens is 373 g/mol. The zero-order valence-electron chi connectivity index (χ0n) is 14.7. The number of carbonyl (C=O) groups excluding carboxylic acids is 1. The molecule has 2 rings (SSSR count). The molecule has 2 aromatic carbocycles. The van der Waals surface area contributed by atoms with Gasteiger partial charge in [0.05, 0.1) is 17.2 Å². The third-order valence-electron chi connectivity index (χ3n) is 3.34. The van der Waals surface area contributed by atoms with Gasteiger partial charge >= 0.3 is 0 Å². The fourth-order valence-electron chi connectivity index (χ4n) is 2.02. The van der Waals surface area contributed by atoms with E-state index in [1.807, 2.05) is 13.8 Å². The van der Waals surface area contributed by atoms with Crippen LogP contribution in [-0.2, 0) is 0 Å². The molecule has 0 saturated heterocycles. The van der Waals surface area contributed by atoms with E-state index in [-0.39, 0.29) is 16.5 Å². The van der Waals surface area contributed by atoms with E-state index < -0.39 is 16.6 Å². The summed E-state index contributed by atoms with van der Waals surface area (Å²) in [7, 11) is 0. The van der Waals surface area contributed by atoms with Crippen molar-refractivity contribution >= 4 is 34.6 Å². The Labute approximate surface area is 160 Å². The number of rotatable bonds is 6. The number of nitrogens with one attached hydrogen (secondary N) is 2. The first kappa shape index (κ1) is 20.2. The number of benzene rings is 2. The van der Waals surface area contributed by atoms with Crippen molar-refractivity contribution in [3.63, 3.8) is 0 Å². The van der Waals surface area contributed by atoms with E-state index in [1.54, 1.807) is 24.3 Å². The maximum Gasteiger partial charge on any atom is 0.271 e. The molecule has 0 aliphatic carbocycles. The molecule has 0 aromatic heterocycles. The second kappa shape index (κ2) is 9.04. The lowest BCUT2D eigenvalue weighted by molar-refractivity contribution is -0.384. The molecule has 7 nitrogen and oxygen atoms in total. The minimum atomic E-state index is -0.733. The van der Waals surface area contributed by atoms with Crippen LogP contribution in [0.2, 0.25) is 0 Å². The summed E-state index contributed by atoms with van der Waals surface area (Å²) in [6, 6.07) is 9.44. The molecule has 0 aliphatic rings. The van der Waals surface area contributed by atoms with E-state index in [0.29, 0.717) is 23.8 Å². The van der Waals surface area contributed by atoms with Crippen LogP contribution in [0.5, 0.6) is 5.75 Å². The smallest absolute Gasteiger partial charge is 0.271 e. The van der Waals surface area contributed by atoms with Crippen molar-refractivity contribution in [3.8, 4) is 5.75 Å². The molecule has 0 bridgehead atoms. The summed E-state index contributed by atoms with van der Waals surface area (Å²) in [5, 5.41) is 15.4. The van der Waals surface area contributed by atoms with Crippen molar-refractivity contribution < 1.29 is 18.8 Å². The lowest BCUT2D eigenvalue weighted by Crippen LogP contribution is -2.34. The van der Waals surface area contributed by atoms with Crippen molar-refractivity contribution in [1.82, 2.24) is 5.32 Å². The fraction of sp³-hybridized carbons (Fsp3) is 0.222. The fourth-order valence-corrected chi connectivity index (χ4v) is 2.22. The van der Waals surface area contributed by atoms with Gasteiger partial charge in [-0.05, 0) is 48.5 Å². The predicted molar refractivity (Wildman–Crippen MR) is 104 cm³/mol. The van der Waals surface area contributed by atoms with Gasteiger partial charge < -0.3 is 10.1 Å². The number of halogens is 1. The number of hydrogen-bond acceptors (Lipinski definition) is 5. The lowest BCUT2D eigenvalue weighted by Gasteiger charge is -2.11. The number of non-ortho nitro benzene ring substituents is 1. The summed E-state index contributed by atoms with van der Waals surface area (Å²) in [4.78, 5) is 22.3. The van der Waals surface area contributed by atoms with Gasteiger partial charge in [-0.15, -0.1) is 0 Å². The quantitative estimate of drug-likeness (QED) is 0.441. The van der Waals surface area contributed by atoms with Crippen molar-refractivity contribution in [2.75, 3.05) is 11.9 Å². The first-order valence-electron chi connectivity index (χ1n) is 8.05. The third kappa shape index (κ3) is 6.00. The van der Waals surface area contributed by atoms with E-state index >= 15 is 0 Å². The van der Waals surface area contributed by atoms with Crippen LogP contribution in [0.4, 0.5) is 15.8 Å². The highest BCUT2D eigenvalue weighted by molar-refractivity contribution is 7.80. The number of nitrogens with zero attached hydrogens (tertiary/aromatic N) is 1. The second-order valence-electron chi connectivity index (χ2n) is 6.06. The molecule has 1 amide bonds. The molecule has 0 unspecified atom stereocenters. The molecule has 0 radical (unpaired) electrons. The second-order valence-corrected chi connectivity index (χ2v) is 6.47. The van der Waals surface area contributed by atoms with Crippen molar-refractivity contribution in [3.05, 3.63) is 64.0 Å². The van der Waals surface area contributed by atoms with Gasteiger partial charge in [-0.1, -0.05) is 13.8 Å². The Morgan fingerprint density at radius 2 is 1.93 bits per heavy atom. The number of nitro benzene ring substituents is 1. The first-order chi connectivity index (χ1) is 12.8. The molecular formula is C18H18FN3O4S. The normalized spacial score (nSPS) is 10.4. The van der Waals surface area contributed by atoms with Gasteiger partial charge in [0, 0.05) is 17.7 Å². The van der Waals surface area contributed by atoms with Crippen LogP contribution in [-0.4, -0.2) is 22.5 Å². The Morgan fingerprint density at radius 1 is 1.26 bits per heavy atom. The maximum absolute atomic E-state index is 13.8. The molecule has 0 spiro atoms. The predicted octanol–water partition coefficient (Wildman–Crippen LogP) is 3.90. The topological polar surface area (TPSA) is 93.5 Å². The Balaban J connectivity index is 1.98. The monoisotopic (exact) mass is 391 g/mol. The van der Waals surface area contributed by atoms with E-state index in [2.05, 4.69) is 10.6 Å². The SMILES string of the molecule is CC(C)COc1ccc(C(=O)NC(=S)Nc2cc([N+](=O)[O-])ccc2F)cc1. The number of thiocarbonyl (C=S) groups is 1. The summed E-state index contributed by atoms with van der Waals surface area (Å²) >= 11 is 4.97. The number of hydrogen-bond donors (Lipinski definition) is 2. The van der Waals surface area contributed by atoms with Crippen molar-refractivity contribution in [2.45, 2.75) is 13.8 Å². The number of anilines is 1. The highest BCUT2D eigenvalue weighted by Gasteiger charge is 2.13. The van der Waals surface area contributed by atoms with E-state index in [1.165, 1.54) is 0 Å². The summed E-state index contributed by atoms with van der Waals surface area (Å²) < 4.78 is 19.3. The van der Waals surface area contributed by atoms with E-state index in [4.69, 9.17) is 17.0 Å². The van der Waals surface area contributed by atoms with E-state index in [9.17, 15) is 19.3 Å². The van der Waals surface area contributed by atoms with Gasteiger partial charge in [0.15, 0.2) is 5.11 Å². The Morgan fingerprint density at radius 3 is 2.52 bits per heavy atom. The zero-order chi connectivity index (χ0) is 20.0. The van der Waals surface area contributed by atoms with Crippen molar-refractivity contribution in [1.29, 1.82) is 0 Å². The summed E-state index contributed by atoms with van der Waals surface area (Å²) in [5.74, 6) is -0.220. The molecule has 0 atom stereocenters. The van der Waals surface area contributed by atoms with E-state index in [0.717, 1.165) is 18.2 Å². The van der Waals surface area contributed by atoms with Crippen LogP contribution in [0.25, 0.3) is 0 Å². The maximum atomic E-state index is 13.8. The average Bonchev–Trinajstić information content (AvgIpc) is 2.61. The Bertz CT molecular complexity index is 856. The van der Waals surface area contributed by atoms with Crippen LogP contribution < -0.4 is 15.4 Å². The lowest BCUT2D eigenvalue weighted by atomic mass is 10.2. The Kier molecular flexibility index (Phi) is 6.78. The summed E-state index contributed by atoms with van der Waals surface area (Å²) in [6.45, 7) is 4.62. The number of ether oxygens (including phenoxy) is 1. The molecule has 142 valence electrons. The molecule has 0 saturated carbocycles. The molecule has 2 aromatic rings. The standard InChI is InChI=1S/C18H18FN3O4S/c1-11(2)10-26-14-6-3-12(4-7-14)17(23)21-18(27)20-16-9-13(22(24)25)5-8-15(16)19/h3-9,11H,10H2,1-2H3,(H2,20,21,23,27). The van der Waals surface area contributed by atoms with Crippen LogP contribution in [0.1, 0.15) is 24.2 Å². The third-order valence-corrected chi connectivity index (χ3v) is 3.54. The molecule has 0 heterocycles. The van der Waals surface area contributed by atoms with Gasteiger partial charge in [0.2, 0.25) is 0 Å². The molecule has 27 heavy (non-hydrogen) atoms. The highest BCUT2D eigenvalue weighted by atomic mass is 32.1.